The van der Waals surface area contributed by atoms with E-state index in [0.29, 0.717) is 16.3 Å². The van der Waals surface area contributed by atoms with Gasteiger partial charge in [-0.05, 0) is 60.0 Å². The molecule has 0 saturated heterocycles. The number of ether oxygens (including phenoxy) is 1. The fourth-order valence-corrected chi connectivity index (χ4v) is 4.29. The van der Waals surface area contributed by atoms with E-state index in [1.54, 1.807) is 30.5 Å². The molecule has 0 aliphatic carbocycles. The van der Waals surface area contributed by atoms with Crippen LogP contribution in [0.25, 0.3) is 22.0 Å². The van der Waals surface area contributed by atoms with E-state index in [1.165, 1.54) is 24.3 Å². The van der Waals surface area contributed by atoms with Gasteiger partial charge >= 0.3 is 5.97 Å². The maximum absolute atomic E-state index is 12.6. The number of para-hydroxylation sites is 1. The first-order valence-electron chi connectivity index (χ1n) is 9.40. The number of hydrogen-bond acceptors (Lipinski definition) is 5. The molecule has 0 bridgehead atoms. The summed E-state index contributed by atoms with van der Waals surface area (Å²) >= 11 is 6.31. The molecule has 4 rings (SSSR count). The van der Waals surface area contributed by atoms with Crippen molar-refractivity contribution < 1.29 is 17.9 Å². The Bertz CT molecular complexity index is 1430. The van der Waals surface area contributed by atoms with Crippen molar-refractivity contribution in [1.29, 1.82) is 0 Å². The topological polar surface area (TPSA) is 73.3 Å². The van der Waals surface area contributed by atoms with Crippen molar-refractivity contribution in [3.63, 3.8) is 0 Å². The first kappa shape index (κ1) is 21.0. The van der Waals surface area contributed by atoms with Crippen LogP contribution in [0.4, 0.5) is 0 Å². The van der Waals surface area contributed by atoms with Crippen LogP contribution in [0.2, 0.25) is 5.02 Å². The van der Waals surface area contributed by atoms with E-state index in [2.05, 4.69) is 4.98 Å². The number of aryl methyl sites for hydroxylation is 1. The van der Waals surface area contributed by atoms with Crippen LogP contribution in [-0.2, 0) is 9.84 Å². The summed E-state index contributed by atoms with van der Waals surface area (Å²) in [5, 5.41) is 1.46. The number of pyridine rings is 1. The van der Waals surface area contributed by atoms with Crippen molar-refractivity contribution in [2.45, 2.75) is 11.8 Å². The Morgan fingerprint density at radius 2 is 1.74 bits per heavy atom. The fourth-order valence-electron chi connectivity index (χ4n) is 3.40. The molecule has 0 radical (unpaired) electrons. The average molecular weight is 452 g/mol. The smallest absolute Gasteiger partial charge is 0.343 e. The van der Waals surface area contributed by atoms with Crippen molar-refractivity contribution in [2.75, 3.05) is 6.26 Å². The molecule has 0 amide bonds. The molecular formula is C24H18ClNO4S. The third-order valence-corrected chi connectivity index (χ3v) is 6.28. The Morgan fingerprint density at radius 1 is 1.00 bits per heavy atom. The molecule has 0 saturated carbocycles. The van der Waals surface area contributed by atoms with Gasteiger partial charge in [0.2, 0.25) is 0 Å². The van der Waals surface area contributed by atoms with Crippen LogP contribution >= 0.6 is 11.6 Å². The highest BCUT2D eigenvalue weighted by molar-refractivity contribution is 7.90. The largest absolute Gasteiger partial charge is 0.423 e. The van der Waals surface area contributed by atoms with Gasteiger partial charge in [-0.25, -0.2) is 13.2 Å². The Balaban J connectivity index is 1.71. The number of fused-ring (bicyclic) bond motifs is 1. The lowest BCUT2D eigenvalue weighted by Gasteiger charge is -2.12. The molecule has 4 aromatic rings. The molecule has 7 heteroatoms. The van der Waals surface area contributed by atoms with E-state index in [-0.39, 0.29) is 10.5 Å². The second-order valence-corrected chi connectivity index (χ2v) is 9.59. The Kier molecular flexibility index (Phi) is 5.52. The molecule has 0 N–H and O–H groups in total. The van der Waals surface area contributed by atoms with E-state index in [9.17, 15) is 13.2 Å². The number of hydrogen-bond donors (Lipinski definition) is 0. The predicted octanol–water partition coefficient (Wildman–Crippen LogP) is 5.49. The minimum Gasteiger partial charge on any atom is -0.423 e. The number of carbonyl (C=O) groups excluding carboxylic acids is 1. The van der Waals surface area contributed by atoms with E-state index in [4.69, 9.17) is 16.3 Å². The van der Waals surface area contributed by atoms with Gasteiger partial charge in [0.05, 0.1) is 21.0 Å². The summed E-state index contributed by atoms with van der Waals surface area (Å²) in [6.45, 7) is 1.96. The lowest BCUT2D eigenvalue weighted by atomic mass is 9.97. The maximum Gasteiger partial charge on any atom is 0.343 e. The number of nitrogens with zero attached hydrogens (tertiary/aromatic N) is 1. The number of sulfone groups is 1. The van der Waals surface area contributed by atoms with Crippen LogP contribution in [0.3, 0.4) is 0 Å². The molecule has 0 unspecified atom stereocenters. The molecule has 5 nitrogen and oxygen atoms in total. The monoisotopic (exact) mass is 451 g/mol. The Labute approximate surface area is 185 Å². The van der Waals surface area contributed by atoms with Gasteiger partial charge in [0.15, 0.2) is 9.84 Å². The van der Waals surface area contributed by atoms with Gasteiger partial charge in [0, 0.05) is 17.8 Å². The SMILES string of the molecule is Cc1cnc2c(Cl)cccc2c1-c1cccc(OC(=O)c2cccc(S(C)(=O)=O)c2)c1. The van der Waals surface area contributed by atoms with Gasteiger partial charge in [0.25, 0.3) is 0 Å². The highest BCUT2D eigenvalue weighted by Gasteiger charge is 2.15. The van der Waals surface area contributed by atoms with Gasteiger partial charge in [-0.15, -0.1) is 0 Å². The summed E-state index contributed by atoms with van der Waals surface area (Å²) in [4.78, 5) is 17.1. The summed E-state index contributed by atoms with van der Waals surface area (Å²) < 4.78 is 29.1. The highest BCUT2D eigenvalue weighted by atomic mass is 35.5. The number of benzene rings is 3. The van der Waals surface area contributed by atoms with E-state index in [1.807, 2.05) is 25.1 Å². The molecule has 1 aromatic heterocycles. The molecular weight excluding hydrogens is 434 g/mol. The molecule has 0 atom stereocenters. The summed E-state index contributed by atoms with van der Waals surface area (Å²) in [6, 6.07) is 18.5. The quantitative estimate of drug-likeness (QED) is 0.303. The van der Waals surface area contributed by atoms with Crippen molar-refractivity contribution in [1.82, 2.24) is 4.98 Å². The zero-order valence-corrected chi connectivity index (χ0v) is 18.4. The van der Waals surface area contributed by atoms with Crippen LogP contribution in [0.5, 0.6) is 5.75 Å². The zero-order valence-electron chi connectivity index (χ0n) is 16.8. The number of rotatable bonds is 4. The van der Waals surface area contributed by atoms with Crippen LogP contribution < -0.4 is 4.74 Å². The molecule has 0 aliphatic rings. The molecule has 1 heterocycles. The van der Waals surface area contributed by atoms with Crippen LogP contribution in [0.1, 0.15) is 15.9 Å². The Morgan fingerprint density at radius 3 is 2.52 bits per heavy atom. The highest BCUT2D eigenvalue weighted by Crippen LogP contribution is 2.35. The lowest BCUT2D eigenvalue weighted by Crippen LogP contribution is -2.09. The molecule has 0 fully saturated rings. The van der Waals surface area contributed by atoms with Crippen molar-refractivity contribution in [3.8, 4) is 16.9 Å². The van der Waals surface area contributed by atoms with Crippen LogP contribution in [-0.4, -0.2) is 25.6 Å². The first-order chi connectivity index (χ1) is 14.7. The number of halogens is 1. The van der Waals surface area contributed by atoms with Gasteiger partial charge in [0.1, 0.15) is 5.75 Å². The van der Waals surface area contributed by atoms with Gasteiger partial charge < -0.3 is 4.74 Å². The third kappa shape index (κ3) is 4.31. The van der Waals surface area contributed by atoms with E-state index in [0.717, 1.165) is 28.3 Å². The normalized spacial score (nSPS) is 11.5. The van der Waals surface area contributed by atoms with Crippen LogP contribution in [0.15, 0.2) is 77.8 Å². The van der Waals surface area contributed by atoms with Crippen LogP contribution in [0, 0.1) is 6.92 Å². The fraction of sp³-hybridized carbons (Fsp3) is 0.0833. The second kappa shape index (κ2) is 8.13. The van der Waals surface area contributed by atoms with E-state index >= 15 is 0 Å². The maximum atomic E-state index is 12.6. The molecule has 0 aliphatic heterocycles. The minimum atomic E-state index is -3.43. The summed E-state index contributed by atoms with van der Waals surface area (Å²) in [7, 11) is -3.43. The molecule has 31 heavy (non-hydrogen) atoms. The van der Waals surface area contributed by atoms with Gasteiger partial charge in [-0.2, -0.15) is 0 Å². The third-order valence-electron chi connectivity index (χ3n) is 4.87. The summed E-state index contributed by atoms with van der Waals surface area (Å²) in [5.41, 5.74) is 3.61. The Hall–Kier alpha value is -3.22. The lowest BCUT2D eigenvalue weighted by molar-refractivity contribution is 0.0734. The minimum absolute atomic E-state index is 0.0615. The average Bonchev–Trinajstić information content (AvgIpc) is 2.73. The summed E-state index contributed by atoms with van der Waals surface area (Å²) in [5.74, 6) is -0.291. The van der Waals surface area contributed by atoms with Crippen molar-refractivity contribution in [2.24, 2.45) is 0 Å². The first-order valence-corrected chi connectivity index (χ1v) is 11.7. The van der Waals surface area contributed by atoms with Gasteiger partial charge in [-0.1, -0.05) is 41.9 Å². The van der Waals surface area contributed by atoms with Crippen molar-refractivity contribution >= 4 is 38.3 Å². The van der Waals surface area contributed by atoms with Gasteiger partial charge in [-0.3, -0.25) is 4.98 Å². The zero-order chi connectivity index (χ0) is 22.2. The van der Waals surface area contributed by atoms with Crippen molar-refractivity contribution in [3.05, 3.63) is 89.1 Å². The molecule has 156 valence electrons. The molecule has 0 spiro atoms. The number of aromatic nitrogens is 1. The predicted molar refractivity (Wildman–Crippen MR) is 121 cm³/mol. The standard InChI is InChI=1S/C24H18ClNO4S/c1-15-14-26-23-20(10-5-11-21(23)25)22(15)16-6-3-8-18(12-16)30-24(27)17-7-4-9-19(13-17)31(2,28)29/h3-14H,1-2H3. The molecule has 3 aromatic carbocycles. The number of esters is 1. The van der Waals surface area contributed by atoms with E-state index < -0.39 is 15.8 Å². The number of carbonyl (C=O) groups is 1. The summed E-state index contributed by atoms with van der Waals surface area (Å²) in [6.07, 6.45) is 2.85. The second-order valence-electron chi connectivity index (χ2n) is 7.17.